The topological polar surface area (TPSA) is 53.6 Å². The molecule has 0 spiro atoms. The summed E-state index contributed by atoms with van der Waals surface area (Å²) in [5.41, 5.74) is 1.68. The van der Waals surface area contributed by atoms with Gasteiger partial charge in [0.15, 0.2) is 5.78 Å². The molecule has 0 saturated carbocycles. The molecule has 1 unspecified atom stereocenters. The zero-order valence-electron chi connectivity index (χ0n) is 11.8. The monoisotopic (exact) mass is 275 g/mol. The maximum absolute atomic E-state index is 12.6. The van der Waals surface area contributed by atoms with Crippen LogP contribution < -0.4 is 15.4 Å². The van der Waals surface area contributed by atoms with Gasteiger partial charge in [0.05, 0.1) is 11.7 Å². The second-order valence-corrected chi connectivity index (χ2v) is 5.31. The lowest BCUT2D eigenvalue weighted by Gasteiger charge is -2.32. The fourth-order valence-corrected chi connectivity index (χ4v) is 2.77. The average Bonchev–Trinajstić information content (AvgIpc) is 2.54. The van der Waals surface area contributed by atoms with E-state index < -0.39 is 0 Å². The van der Waals surface area contributed by atoms with Crippen LogP contribution >= 0.6 is 0 Å². The molecule has 1 saturated heterocycles. The number of ketones is 1. The van der Waals surface area contributed by atoms with Crippen LogP contribution in [0.1, 0.15) is 17.3 Å². The molecule has 0 bridgehead atoms. The second-order valence-electron chi connectivity index (χ2n) is 5.31. The van der Waals surface area contributed by atoms with Crippen LogP contribution in [0.3, 0.4) is 0 Å². The van der Waals surface area contributed by atoms with Crippen molar-refractivity contribution < 1.29 is 9.53 Å². The lowest BCUT2D eigenvalue weighted by Crippen LogP contribution is -2.50. The minimum Gasteiger partial charge on any atom is -0.490 e. The lowest BCUT2D eigenvalue weighted by molar-refractivity contribution is 0.0820. The lowest BCUT2D eigenvalue weighted by atomic mass is 10.0. The van der Waals surface area contributed by atoms with Crippen molar-refractivity contribution in [1.29, 1.82) is 0 Å². The zero-order chi connectivity index (χ0) is 13.9. The first-order chi connectivity index (χ1) is 9.75. The molecule has 2 aliphatic rings. The largest absolute Gasteiger partial charge is 0.490 e. The molecule has 1 fully saturated rings. The zero-order valence-corrected chi connectivity index (χ0v) is 11.8. The Morgan fingerprint density at radius 2 is 2.10 bits per heavy atom. The van der Waals surface area contributed by atoms with E-state index >= 15 is 0 Å². The highest BCUT2D eigenvalue weighted by Gasteiger charge is 2.24. The summed E-state index contributed by atoms with van der Waals surface area (Å²) >= 11 is 0. The minimum atomic E-state index is -0.0698. The Hall–Kier alpha value is -1.59. The Morgan fingerprint density at radius 1 is 1.30 bits per heavy atom. The van der Waals surface area contributed by atoms with Gasteiger partial charge in [-0.3, -0.25) is 9.69 Å². The molecule has 0 aromatic heterocycles. The van der Waals surface area contributed by atoms with Crippen LogP contribution in [0.2, 0.25) is 0 Å². The fourth-order valence-electron chi connectivity index (χ4n) is 2.77. The molecule has 0 amide bonds. The van der Waals surface area contributed by atoms with Gasteiger partial charge >= 0.3 is 0 Å². The van der Waals surface area contributed by atoms with Crippen molar-refractivity contribution in [3.63, 3.8) is 0 Å². The summed E-state index contributed by atoms with van der Waals surface area (Å²) in [5, 5.41) is 6.59. The Bertz CT molecular complexity index is 498. The number of ether oxygens (including phenoxy) is 1. The number of hydrogen-bond donors (Lipinski definition) is 2. The minimum absolute atomic E-state index is 0.0698. The van der Waals surface area contributed by atoms with E-state index in [4.69, 9.17) is 4.74 Å². The summed E-state index contributed by atoms with van der Waals surface area (Å²) in [4.78, 5) is 14.8. The van der Waals surface area contributed by atoms with Gasteiger partial charge in [0.1, 0.15) is 12.4 Å². The van der Waals surface area contributed by atoms with Crippen LogP contribution in [-0.4, -0.2) is 56.1 Å². The van der Waals surface area contributed by atoms with Crippen LogP contribution in [0.4, 0.5) is 5.69 Å². The van der Waals surface area contributed by atoms with Crippen molar-refractivity contribution in [2.24, 2.45) is 0 Å². The number of piperazine rings is 1. The van der Waals surface area contributed by atoms with Crippen LogP contribution in [0.15, 0.2) is 18.2 Å². The van der Waals surface area contributed by atoms with Crippen LogP contribution in [-0.2, 0) is 0 Å². The van der Waals surface area contributed by atoms with Gasteiger partial charge < -0.3 is 15.4 Å². The molecule has 1 aromatic rings. The molecule has 2 N–H and O–H groups in total. The van der Waals surface area contributed by atoms with Crippen molar-refractivity contribution in [2.45, 2.75) is 13.0 Å². The molecule has 2 aliphatic heterocycles. The Balaban J connectivity index is 1.75. The summed E-state index contributed by atoms with van der Waals surface area (Å²) in [6.45, 7) is 7.24. The van der Waals surface area contributed by atoms with E-state index in [9.17, 15) is 4.79 Å². The van der Waals surface area contributed by atoms with Gasteiger partial charge in [-0.05, 0) is 25.1 Å². The smallest absolute Gasteiger partial charge is 0.179 e. The number of benzene rings is 1. The number of rotatable bonds is 3. The number of fused-ring (bicyclic) bond motifs is 1. The summed E-state index contributed by atoms with van der Waals surface area (Å²) in [5.74, 6) is 1.02. The van der Waals surface area contributed by atoms with Crippen LogP contribution in [0, 0.1) is 0 Å². The van der Waals surface area contributed by atoms with Crippen LogP contribution in [0.5, 0.6) is 5.75 Å². The van der Waals surface area contributed by atoms with E-state index in [-0.39, 0.29) is 11.8 Å². The number of carbonyl (C=O) groups excluding carboxylic acids is 1. The van der Waals surface area contributed by atoms with Gasteiger partial charge in [-0.25, -0.2) is 0 Å². The summed E-state index contributed by atoms with van der Waals surface area (Å²) < 4.78 is 5.54. The predicted octanol–water partition coefficient (Wildman–Crippen LogP) is 0.967. The molecular formula is C15H21N3O2. The first kappa shape index (κ1) is 13.4. The van der Waals surface area contributed by atoms with E-state index in [0.29, 0.717) is 6.61 Å². The molecule has 2 heterocycles. The Labute approximate surface area is 119 Å². The second kappa shape index (κ2) is 5.81. The molecule has 0 aliphatic carbocycles. The maximum atomic E-state index is 12.6. The Kier molecular flexibility index (Phi) is 3.89. The van der Waals surface area contributed by atoms with Crippen molar-refractivity contribution in [2.75, 3.05) is 44.6 Å². The average molecular weight is 275 g/mol. The summed E-state index contributed by atoms with van der Waals surface area (Å²) in [6.07, 6.45) is 0. The normalized spacial score (nSPS) is 20.4. The fraction of sp³-hybridized carbons (Fsp3) is 0.533. The van der Waals surface area contributed by atoms with Gasteiger partial charge in [0, 0.05) is 38.3 Å². The van der Waals surface area contributed by atoms with E-state index in [2.05, 4.69) is 15.5 Å². The molecule has 5 heteroatoms. The number of hydrogen-bond acceptors (Lipinski definition) is 5. The quantitative estimate of drug-likeness (QED) is 0.805. The molecule has 20 heavy (non-hydrogen) atoms. The van der Waals surface area contributed by atoms with Crippen molar-refractivity contribution in [3.05, 3.63) is 23.8 Å². The first-order valence-corrected chi connectivity index (χ1v) is 7.25. The molecule has 1 atom stereocenters. The third kappa shape index (κ3) is 2.64. The first-order valence-electron chi connectivity index (χ1n) is 7.25. The van der Waals surface area contributed by atoms with Crippen molar-refractivity contribution in [3.8, 4) is 5.75 Å². The SMILES string of the molecule is CC(C(=O)c1ccc2c(c1)NCCO2)N1CCNCC1. The Morgan fingerprint density at radius 3 is 2.90 bits per heavy atom. The van der Waals surface area contributed by atoms with Crippen molar-refractivity contribution in [1.82, 2.24) is 10.2 Å². The highest BCUT2D eigenvalue weighted by atomic mass is 16.5. The van der Waals surface area contributed by atoms with E-state index in [0.717, 1.165) is 49.7 Å². The van der Waals surface area contributed by atoms with Gasteiger partial charge in [0.25, 0.3) is 0 Å². The number of nitrogens with zero attached hydrogens (tertiary/aromatic N) is 1. The number of anilines is 1. The molecule has 3 rings (SSSR count). The van der Waals surface area contributed by atoms with Gasteiger partial charge in [0.2, 0.25) is 0 Å². The summed E-state index contributed by atoms with van der Waals surface area (Å²) in [6, 6.07) is 5.60. The third-order valence-corrected chi connectivity index (χ3v) is 4.02. The van der Waals surface area contributed by atoms with Crippen LogP contribution in [0.25, 0.3) is 0 Å². The molecule has 0 radical (unpaired) electrons. The summed E-state index contributed by atoms with van der Waals surface area (Å²) in [7, 11) is 0. The number of carbonyl (C=O) groups is 1. The molecular weight excluding hydrogens is 254 g/mol. The van der Waals surface area contributed by atoms with E-state index in [1.165, 1.54) is 0 Å². The highest BCUT2D eigenvalue weighted by molar-refractivity contribution is 6.01. The molecule has 5 nitrogen and oxygen atoms in total. The third-order valence-electron chi connectivity index (χ3n) is 4.02. The van der Waals surface area contributed by atoms with Gasteiger partial charge in [-0.15, -0.1) is 0 Å². The molecule has 1 aromatic carbocycles. The number of nitrogens with one attached hydrogen (secondary N) is 2. The van der Waals surface area contributed by atoms with Gasteiger partial charge in [-0.2, -0.15) is 0 Å². The van der Waals surface area contributed by atoms with Crippen molar-refractivity contribution >= 4 is 11.5 Å². The standard InChI is InChI=1S/C15H21N3O2/c1-11(18-7-4-16-5-8-18)15(19)12-2-3-14-13(10-12)17-6-9-20-14/h2-3,10-11,16-17H,4-9H2,1H3. The highest BCUT2D eigenvalue weighted by Crippen LogP contribution is 2.28. The maximum Gasteiger partial charge on any atom is 0.179 e. The van der Waals surface area contributed by atoms with E-state index in [1.54, 1.807) is 0 Å². The van der Waals surface area contributed by atoms with Gasteiger partial charge in [-0.1, -0.05) is 0 Å². The predicted molar refractivity (Wildman–Crippen MR) is 78.7 cm³/mol. The van der Waals surface area contributed by atoms with E-state index in [1.807, 2.05) is 25.1 Å². The molecule has 108 valence electrons. The number of Topliss-reactive ketones (excluding diaryl/α,β-unsaturated/α-hetero) is 1.